The molecule has 0 spiro atoms. The van der Waals surface area contributed by atoms with Crippen molar-refractivity contribution in [1.82, 2.24) is 0 Å². The number of aromatic hydroxyl groups is 1. The minimum Gasteiger partial charge on any atom is -0.508 e. The monoisotopic (exact) mass is 686 g/mol. The summed E-state index contributed by atoms with van der Waals surface area (Å²) in [5.41, 5.74) is 4.97. The second-order valence-electron chi connectivity index (χ2n) is 9.90. The number of aliphatic carboxylic acids is 1. The number of halogens is 3. The van der Waals surface area contributed by atoms with Gasteiger partial charge >= 0.3 is 5.97 Å². The Hall–Kier alpha value is -3.00. The lowest BCUT2D eigenvalue weighted by Crippen LogP contribution is -2.08. The van der Waals surface area contributed by atoms with Gasteiger partial charge in [-0.15, -0.1) is 0 Å². The van der Waals surface area contributed by atoms with Crippen molar-refractivity contribution in [2.45, 2.75) is 39.0 Å². The van der Waals surface area contributed by atoms with Gasteiger partial charge in [0.05, 0.1) is 22.5 Å². The van der Waals surface area contributed by atoms with Gasteiger partial charge in [0.25, 0.3) is 0 Å². The molecule has 0 saturated carbocycles. The molecule has 4 rings (SSSR count). The highest BCUT2D eigenvalue weighted by Crippen LogP contribution is 2.48. The predicted octanol–water partition coefficient (Wildman–Crippen LogP) is 9.61. The summed E-state index contributed by atoms with van der Waals surface area (Å²) in [7, 11) is 1.64. The number of benzene rings is 4. The van der Waals surface area contributed by atoms with Gasteiger partial charge < -0.3 is 19.7 Å². The van der Waals surface area contributed by atoms with E-state index in [9.17, 15) is 15.0 Å². The van der Waals surface area contributed by atoms with Gasteiger partial charge in [-0.05, 0) is 98.3 Å². The van der Waals surface area contributed by atoms with Crippen LogP contribution >= 0.6 is 43.5 Å². The number of hydrogen-bond acceptors (Lipinski definition) is 4. The molecule has 0 aliphatic rings. The Bertz CT molecular complexity index is 1540. The Morgan fingerprint density at radius 1 is 0.925 bits per heavy atom. The molecular formula is C32H29Br2ClO5. The number of carboxylic acids is 1. The molecule has 0 saturated heterocycles. The van der Waals surface area contributed by atoms with Crippen LogP contribution in [0.15, 0.2) is 75.7 Å². The molecule has 0 aliphatic carbocycles. The van der Waals surface area contributed by atoms with Gasteiger partial charge in [-0.1, -0.05) is 55.3 Å². The number of aryl methyl sites for hydroxylation is 1. The highest BCUT2D eigenvalue weighted by Gasteiger charge is 2.27. The molecule has 0 heterocycles. The molecule has 208 valence electrons. The third-order valence-corrected chi connectivity index (χ3v) is 8.01. The van der Waals surface area contributed by atoms with Crippen LogP contribution in [0.3, 0.4) is 0 Å². The molecule has 40 heavy (non-hydrogen) atoms. The molecule has 1 atom stereocenters. The highest BCUT2D eigenvalue weighted by atomic mass is 79.9. The van der Waals surface area contributed by atoms with Gasteiger partial charge in [-0.3, -0.25) is 4.79 Å². The zero-order chi connectivity index (χ0) is 29.1. The fourth-order valence-electron chi connectivity index (χ4n) is 4.76. The average molecular weight is 689 g/mol. The predicted molar refractivity (Wildman–Crippen MR) is 166 cm³/mol. The zero-order valence-electron chi connectivity index (χ0n) is 22.5. The van der Waals surface area contributed by atoms with E-state index in [2.05, 4.69) is 51.8 Å². The van der Waals surface area contributed by atoms with E-state index in [1.54, 1.807) is 37.4 Å². The van der Waals surface area contributed by atoms with Crippen LogP contribution in [0.1, 0.15) is 59.1 Å². The van der Waals surface area contributed by atoms with E-state index in [-0.39, 0.29) is 18.1 Å². The maximum atomic E-state index is 11.3. The summed E-state index contributed by atoms with van der Waals surface area (Å²) in [5, 5.41) is 20.8. The highest BCUT2D eigenvalue weighted by molar-refractivity contribution is 9.11. The number of phenols is 1. The van der Waals surface area contributed by atoms with Crippen molar-refractivity contribution >= 4 is 49.4 Å². The molecule has 0 radical (unpaired) electrons. The fraction of sp³-hybridized carbons (Fsp3) is 0.219. The summed E-state index contributed by atoms with van der Waals surface area (Å²) < 4.78 is 13.7. The van der Waals surface area contributed by atoms with E-state index in [1.165, 1.54) is 0 Å². The van der Waals surface area contributed by atoms with Crippen molar-refractivity contribution < 1.29 is 24.5 Å². The van der Waals surface area contributed by atoms with Crippen molar-refractivity contribution in [3.05, 3.63) is 114 Å². The van der Waals surface area contributed by atoms with E-state index in [1.807, 2.05) is 37.3 Å². The summed E-state index contributed by atoms with van der Waals surface area (Å²) in [5.74, 6) is 0.617. The van der Waals surface area contributed by atoms with Crippen LogP contribution in [-0.2, 0) is 11.2 Å². The van der Waals surface area contributed by atoms with E-state index in [4.69, 9.17) is 21.1 Å². The lowest BCUT2D eigenvalue weighted by atomic mass is 9.82. The van der Waals surface area contributed by atoms with E-state index in [0.717, 1.165) is 22.3 Å². The van der Waals surface area contributed by atoms with Gasteiger partial charge in [-0.2, -0.15) is 0 Å². The third kappa shape index (κ3) is 6.65. The number of ether oxygens (including phenoxy) is 2. The molecule has 4 aromatic rings. The molecular weight excluding hydrogens is 660 g/mol. The number of phenolic OH excluding ortho intramolecular Hbond substituents is 1. The number of carboxylic acid groups (broad SMARTS) is 1. The van der Waals surface area contributed by atoms with Crippen molar-refractivity contribution in [1.29, 1.82) is 0 Å². The van der Waals surface area contributed by atoms with Crippen molar-refractivity contribution in [2.24, 2.45) is 0 Å². The third-order valence-electron chi connectivity index (χ3n) is 6.60. The first-order valence-electron chi connectivity index (χ1n) is 12.6. The van der Waals surface area contributed by atoms with Crippen LogP contribution in [0, 0.1) is 6.92 Å². The second kappa shape index (κ2) is 12.7. The lowest BCUT2D eigenvalue weighted by Gasteiger charge is -2.26. The summed E-state index contributed by atoms with van der Waals surface area (Å²) in [6.45, 7) is 6.18. The van der Waals surface area contributed by atoms with Gasteiger partial charge in [0.15, 0.2) is 5.75 Å². The molecule has 0 bridgehead atoms. The Labute approximate surface area is 256 Å². The summed E-state index contributed by atoms with van der Waals surface area (Å²) in [4.78, 5) is 11.3. The number of carbonyl (C=O) groups is 1. The molecule has 1 unspecified atom stereocenters. The van der Waals surface area contributed by atoms with E-state index in [0.29, 0.717) is 42.3 Å². The smallest absolute Gasteiger partial charge is 0.307 e. The largest absolute Gasteiger partial charge is 0.508 e. The quantitative estimate of drug-likeness (QED) is 0.171. The number of hydrogen-bond donors (Lipinski definition) is 2. The summed E-state index contributed by atoms with van der Waals surface area (Å²) in [6.07, 6.45) is -0.119. The Morgan fingerprint density at radius 2 is 1.60 bits per heavy atom. The molecule has 0 amide bonds. The van der Waals surface area contributed by atoms with Crippen molar-refractivity contribution in [3.63, 3.8) is 0 Å². The minimum atomic E-state index is -0.922. The number of methoxy groups -OCH3 is 1. The first kappa shape index (κ1) is 30.0. The summed E-state index contributed by atoms with van der Waals surface area (Å²) >= 11 is 13.6. The Kier molecular flexibility index (Phi) is 9.49. The molecule has 4 aromatic carbocycles. The fourth-order valence-corrected chi connectivity index (χ4v) is 6.39. The first-order chi connectivity index (χ1) is 19.0. The van der Waals surface area contributed by atoms with Crippen LogP contribution in [0.4, 0.5) is 0 Å². The van der Waals surface area contributed by atoms with Crippen LogP contribution in [0.5, 0.6) is 23.0 Å². The van der Waals surface area contributed by atoms with E-state index < -0.39 is 11.9 Å². The van der Waals surface area contributed by atoms with E-state index >= 15 is 0 Å². The Balaban J connectivity index is 2.00. The molecule has 8 heteroatoms. The summed E-state index contributed by atoms with van der Waals surface area (Å²) in [6, 6.07) is 20.5. The van der Waals surface area contributed by atoms with Crippen LogP contribution in [0.25, 0.3) is 0 Å². The maximum Gasteiger partial charge on any atom is 0.307 e. The topological polar surface area (TPSA) is 76.0 Å². The average Bonchev–Trinajstić information content (AvgIpc) is 2.88. The van der Waals surface area contributed by atoms with Crippen LogP contribution < -0.4 is 9.47 Å². The lowest BCUT2D eigenvalue weighted by molar-refractivity contribution is -0.136. The SMILES string of the molecule is COc1cc(C(c2cccc(C)c2)c2cc(Cl)ccc2O)c(Oc2c(Br)cc(CC(=O)O)cc2Br)cc1C(C)C. The van der Waals surface area contributed by atoms with Crippen molar-refractivity contribution in [3.8, 4) is 23.0 Å². The zero-order valence-corrected chi connectivity index (χ0v) is 26.4. The van der Waals surface area contributed by atoms with Gasteiger partial charge in [0, 0.05) is 27.6 Å². The molecule has 0 fully saturated rings. The minimum absolute atomic E-state index is 0.106. The van der Waals surface area contributed by atoms with Gasteiger partial charge in [0.1, 0.15) is 17.2 Å². The standard InChI is InChI=1S/C32H29Br2ClO5/c1-17(2)22-15-29(40-32-25(33)11-19(12-26(32)34)13-30(37)38)24(16-28(22)39-4)31(20-7-5-6-18(3)10-20)23-14-21(35)8-9-27(23)36/h5-12,14-17,31,36H,13H2,1-4H3,(H,37,38). The van der Waals surface area contributed by atoms with Gasteiger partial charge in [-0.25, -0.2) is 0 Å². The van der Waals surface area contributed by atoms with Crippen LogP contribution in [-0.4, -0.2) is 23.3 Å². The molecule has 5 nitrogen and oxygen atoms in total. The Morgan fingerprint density at radius 3 is 2.20 bits per heavy atom. The number of rotatable bonds is 9. The second-order valence-corrected chi connectivity index (χ2v) is 12.0. The molecule has 0 aromatic heterocycles. The normalized spacial score (nSPS) is 11.9. The molecule has 0 aliphatic heterocycles. The first-order valence-corrected chi connectivity index (χ1v) is 14.6. The van der Waals surface area contributed by atoms with Crippen LogP contribution in [0.2, 0.25) is 5.02 Å². The maximum absolute atomic E-state index is 11.3. The van der Waals surface area contributed by atoms with Gasteiger partial charge in [0.2, 0.25) is 0 Å². The van der Waals surface area contributed by atoms with Crippen molar-refractivity contribution in [2.75, 3.05) is 7.11 Å². The molecule has 2 N–H and O–H groups in total.